The molecule has 2 N–H and O–H groups in total. The minimum absolute atomic E-state index is 0.119. The normalized spacial score (nSPS) is 10.8. The summed E-state index contributed by atoms with van der Waals surface area (Å²) in [5.74, 6) is -0.140. The van der Waals surface area contributed by atoms with Gasteiger partial charge in [-0.15, -0.1) is 0 Å². The van der Waals surface area contributed by atoms with Crippen molar-refractivity contribution in [1.29, 1.82) is 5.41 Å². The van der Waals surface area contributed by atoms with E-state index in [9.17, 15) is 4.79 Å². The van der Waals surface area contributed by atoms with Crippen LogP contribution in [0.2, 0.25) is 0 Å². The van der Waals surface area contributed by atoms with Crippen LogP contribution in [-0.4, -0.2) is 15.0 Å². The number of aromatic nitrogens is 2. The van der Waals surface area contributed by atoms with E-state index < -0.39 is 0 Å². The van der Waals surface area contributed by atoms with E-state index in [1.807, 2.05) is 62.5 Å². The molecule has 1 heterocycles. The van der Waals surface area contributed by atoms with Crippen LogP contribution < -0.4 is 10.9 Å². The summed E-state index contributed by atoms with van der Waals surface area (Å²) in [5, 5.41) is 11.0. The standard InChI is InChI=1S/C17H18N4O/c1-12-7-9-13(10-8-12)19-16(22)11-21-15-6-4-3-5-14(15)20(2)17(21)18/h3-10,18H,11H2,1-2H3,(H,19,22). The van der Waals surface area contributed by atoms with Crippen LogP contribution in [0, 0.1) is 12.3 Å². The minimum atomic E-state index is -0.140. The Morgan fingerprint density at radius 1 is 1.09 bits per heavy atom. The Labute approximate surface area is 128 Å². The van der Waals surface area contributed by atoms with E-state index >= 15 is 0 Å². The van der Waals surface area contributed by atoms with Gasteiger partial charge in [0.1, 0.15) is 6.54 Å². The van der Waals surface area contributed by atoms with Gasteiger partial charge in [-0.1, -0.05) is 29.8 Å². The first-order valence-electron chi connectivity index (χ1n) is 7.11. The minimum Gasteiger partial charge on any atom is -0.325 e. The Morgan fingerprint density at radius 2 is 1.73 bits per heavy atom. The summed E-state index contributed by atoms with van der Waals surface area (Å²) in [7, 11) is 1.83. The third-order valence-corrected chi connectivity index (χ3v) is 3.74. The Bertz CT molecular complexity index is 887. The van der Waals surface area contributed by atoms with Crippen molar-refractivity contribution in [2.24, 2.45) is 7.05 Å². The fourth-order valence-corrected chi connectivity index (χ4v) is 2.53. The van der Waals surface area contributed by atoms with Crippen molar-refractivity contribution in [3.63, 3.8) is 0 Å². The molecule has 0 atom stereocenters. The summed E-state index contributed by atoms with van der Waals surface area (Å²) in [6.45, 7) is 2.12. The largest absolute Gasteiger partial charge is 0.325 e. The van der Waals surface area contributed by atoms with Gasteiger partial charge in [0.05, 0.1) is 11.0 Å². The molecule has 1 amide bonds. The van der Waals surface area contributed by atoms with Crippen LogP contribution >= 0.6 is 0 Å². The highest BCUT2D eigenvalue weighted by molar-refractivity contribution is 5.91. The van der Waals surface area contributed by atoms with Gasteiger partial charge in [0.2, 0.25) is 11.5 Å². The molecule has 0 aliphatic rings. The first-order valence-corrected chi connectivity index (χ1v) is 7.11. The third-order valence-electron chi connectivity index (χ3n) is 3.74. The maximum Gasteiger partial charge on any atom is 0.244 e. The summed E-state index contributed by atoms with van der Waals surface area (Å²) in [4.78, 5) is 12.2. The fraction of sp³-hybridized carbons (Fsp3) is 0.176. The average Bonchev–Trinajstić information content (AvgIpc) is 2.75. The molecule has 5 nitrogen and oxygen atoms in total. The van der Waals surface area contributed by atoms with Gasteiger partial charge < -0.3 is 14.5 Å². The molecule has 0 unspecified atom stereocenters. The predicted octanol–water partition coefficient (Wildman–Crippen LogP) is 2.41. The van der Waals surface area contributed by atoms with Crippen molar-refractivity contribution in [3.8, 4) is 0 Å². The van der Waals surface area contributed by atoms with Gasteiger partial charge in [-0.3, -0.25) is 10.2 Å². The summed E-state index contributed by atoms with van der Waals surface area (Å²) in [6, 6.07) is 15.4. The second-order valence-electron chi connectivity index (χ2n) is 5.37. The maximum absolute atomic E-state index is 12.2. The number of amides is 1. The van der Waals surface area contributed by atoms with Gasteiger partial charge in [0, 0.05) is 12.7 Å². The number of fused-ring (bicyclic) bond motifs is 1. The maximum atomic E-state index is 12.2. The lowest BCUT2D eigenvalue weighted by atomic mass is 10.2. The Kier molecular flexibility index (Phi) is 3.55. The number of nitrogens with zero attached hydrogens (tertiary/aromatic N) is 2. The van der Waals surface area contributed by atoms with E-state index in [4.69, 9.17) is 5.41 Å². The molecule has 0 radical (unpaired) electrons. The number of aryl methyl sites for hydroxylation is 2. The molecule has 0 bridgehead atoms. The Morgan fingerprint density at radius 3 is 2.41 bits per heavy atom. The van der Waals surface area contributed by atoms with Crippen molar-refractivity contribution >= 4 is 22.6 Å². The van der Waals surface area contributed by atoms with Crippen LogP contribution in [0.3, 0.4) is 0 Å². The molecule has 3 aromatic rings. The summed E-state index contributed by atoms with van der Waals surface area (Å²) in [5.41, 5.74) is 4.04. The molecular weight excluding hydrogens is 276 g/mol. The molecule has 0 spiro atoms. The van der Waals surface area contributed by atoms with Crippen LogP contribution in [0.5, 0.6) is 0 Å². The fourth-order valence-electron chi connectivity index (χ4n) is 2.53. The second kappa shape index (κ2) is 5.52. The first kappa shape index (κ1) is 14.1. The van der Waals surface area contributed by atoms with E-state index in [-0.39, 0.29) is 12.5 Å². The number of para-hydroxylation sites is 2. The molecule has 5 heteroatoms. The first-order chi connectivity index (χ1) is 10.6. The summed E-state index contributed by atoms with van der Waals surface area (Å²) in [6.07, 6.45) is 0. The molecular formula is C17H18N4O. The molecule has 2 aromatic carbocycles. The number of carbonyl (C=O) groups excluding carboxylic acids is 1. The number of anilines is 1. The van der Waals surface area contributed by atoms with Crippen molar-refractivity contribution in [3.05, 3.63) is 59.7 Å². The number of imidazole rings is 1. The smallest absolute Gasteiger partial charge is 0.244 e. The van der Waals surface area contributed by atoms with E-state index in [1.54, 1.807) is 9.13 Å². The zero-order valence-corrected chi connectivity index (χ0v) is 12.6. The van der Waals surface area contributed by atoms with Crippen LogP contribution in [0.4, 0.5) is 5.69 Å². The van der Waals surface area contributed by atoms with Gasteiger partial charge in [0.15, 0.2) is 0 Å². The molecule has 1 aromatic heterocycles. The number of hydrogen-bond acceptors (Lipinski definition) is 2. The molecule has 112 valence electrons. The lowest BCUT2D eigenvalue weighted by Crippen LogP contribution is -2.28. The molecule has 0 aliphatic carbocycles. The predicted molar refractivity (Wildman–Crippen MR) is 86.6 cm³/mol. The number of rotatable bonds is 3. The molecule has 22 heavy (non-hydrogen) atoms. The van der Waals surface area contributed by atoms with Gasteiger partial charge in [-0.25, -0.2) is 0 Å². The highest BCUT2D eigenvalue weighted by Crippen LogP contribution is 2.12. The van der Waals surface area contributed by atoms with E-state index in [1.165, 1.54) is 0 Å². The molecule has 0 fully saturated rings. The number of carbonyl (C=O) groups is 1. The third kappa shape index (κ3) is 2.53. The SMILES string of the molecule is Cc1ccc(NC(=O)Cn2c(=N)n(C)c3ccccc32)cc1. The van der Waals surface area contributed by atoms with Gasteiger partial charge in [-0.05, 0) is 31.2 Å². The number of benzene rings is 2. The zero-order chi connectivity index (χ0) is 15.7. The van der Waals surface area contributed by atoms with E-state index in [0.717, 1.165) is 22.3 Å². The molecule has 3 rings (SSSR count). The van der Waals surface area contributed by atoms with Crippen molar-refractivity contribution in [1.82, 2.24) is 9.13 Å². The van der Waals surface area contributed by atoms with Gasteiger partial charge in [0.25, 0.3) is 0 Å². The van der Waals surface area contributed by atoms with Crippen molar-refractivity contribution in [2.45, 2.75) is 13.5 Å². The van der Waals surface area contributed by atoms with Gasteiger partial charge >= 0.3 is 0 Å². The Hall–Kier alpha value is -2.82. The summed E-state index contributed by atoms with van der Waals surface area (Å²) >= 11 is 0. The lowest BCUT2D eigenvalue weighted by molar-refractivity contribution is -0.116. The number of hydrogen-bond donors (Lipinski definition) is 2. The van der Waals surface area contributed by atoms with Crippen LogP contribution in [0.25, 0.3) is 11.0 Å². The second-order valence-corrected chi connectivity index (χ2v) is 5.37. The molecule has 0 saturated carbocycles. The topological polar surface area (TPSA) is 62.8 Å². The average molecular weight is 294 g/mol. The van der Waals surface area contributed by atoms with Gasteiger partial charge in [-0.2, -0.15) is 0 Å². The van der Waals surface area contributed by atoms with Crippen molar-refractivity contribution in [2.75, 3.05) is 5.32 Å². The van der Waals surface area contributed by atoms with Crippen molar-refractivity contribution < 1.29 is 4.79 Å². The molecule has 0 aliphatic heterocycles. The van der Waals surface area contributed by atoms with Crippen LogP contribution in [0.15, 0.2) is 48.5 Å². The van der Waals surface area contributed by atoms with Crippen LogP contribution in [-0.2, 0) is 18.4 Å². The monoisotopic (exact) mass is 294 g/mol. The number of nitrogens with one attached hydrogen (secondary N) is 2. The Balaban J connectivity index is 1.87. The van der Waals surface area contributed by atoms with Crippen LogP contribution in [0.1, 0.15) is 5.56 Å². The lowest BCUT2D eigenvalue weighted by Gasteiger charge is -2.07. The highest BCUT2D eigenvalue weighted by Gasteiger charge is 2.11. The highest BCUT2D eigenvalue weighted by atomic mass is 16.1. The van der Waals surface area contributed by atoms with E-state index in [2.05, 4.69) is 5.32 Å². The van der Waals surface area contributed by atoms with E-state index in [0.29, 0.717) is 5.62 Å². The quantitative estimate of drug-likeness (QED) is 0.765. The summed E-state index contributed by atoms with van der Waals surface area (Å²) < 4.78 is 3.48. The zero-order valence-electron chi connectivity index (χ0n) is 12.6. The molecule has 0 saturated heterocycles.